The first kappa shape index (κ1) is 21.5. The van der Waals surface area contributed by atoms with Crippen LogP contribution in [0.1, 0.15) is 58.3 Å². The van der Waals surface area contributed by atoms with Gasteiger partial charge in [-0.1, -0.05) is 92.1 Å². The van der Waals surface area contributed by atoms with Crippen LogP contribution in [-0.4, -0.2) is 5.37 Å². The van der Waals surface area contributed by atoms with Crippen molar-refractivity contribution in [3.63, 3.8) is 0 Å². The number of allylic oxidation sites excluding steroid dienone is 12. The topological polar surface area (TPSA) is 0 Å². The number of hydrogen-bond donors (Lipinski definition) is 0. The molecule has 0 aromatic heterocycles. The van der Waals surface area contributed by atoms with E-state index in [1.54, 1.807) is 5.37 Å². The van der Waals surface area contributed by atoms with Crippen LogP contribution in [0.25, 0.3) is 0 Å². The molecule has 0 N–H and O–H groups in total. The highest BCUT2D eigenvalue weighted by atomic mass is 32.1. The second-order valence-corrected chi connectivity index (χ2v) is 5.49. The van der Waals surface area contributed by atoms with Crippen LogP contribution in [0.2, 0.25) is 0 Å². The van der Waals surface area contributed by atoms with E-state index in [9.17, 15) is 0 Å². The van der Waals surface area contributed by atoms with Gasteiger partial charge in [0, 0.05) is 0 Å². The molecule has 0 radical (unpaired) electrons. The molecule has 0 aliphatic heterocycles. The van der Waals surface area contributed by atoms with Gasteiger partial charge in [0.1, 0.15) is 0 Å². The Hall–Kier alpha value is -1.47. The quantitative estimate of drug-likeness (QED) is 0.181. The second-order valence-electron chi connectivity index (χ2n) is 5.16. The molecule has 0 heterocycles. The van der Waals surface area contributed by atoms with E-state index in [1.807, 2.05) is 0 Å². The fraction of sp³-hybridized carbons (Fsp3) is 0.409. The largest absolute Gasteiger partial charge is 0.0935 e. The molecular formula is C22H32S. The molecule has 0 aliphatic carbocycles. The van der Waals surface area contributed by atoms with Gasteiger partial charge in [-0.15, -0.1) is 0 Å². The normalized spacial score (nSPS) is 13.1. The molecule has 1 heteroatoms. The third-order valence-corrected chi connectivity index (χ3v) is 3.28. The van der Waals surface area contributed by atoms with Gasteiger partial charge < -0.3 is 0 Å². The zero-order chi connectivity index (χ0) is 16.8. The molecule has 0 aromatic carbocycles. The Morgan fingerprint density at radius 2 is 0.826 bits per heavy atom. The van der Waals surface area contributed by atoms with Gasteiger partial charge in [0.25, 0.3) is 0 Å². The average molecular weight is 329 g/mol. The highest BCUT2D eigenvalue weighted by Gasteiger charge is 1.77. The third-order valence-electron chi connectivity index (χ3n) is 3.05. The summed E-state index contributed by atoms with van der Waals surface area (Å²) < 4.78 is 0. The zero-order valence-corrected chi connectivity index (χ0v) is 15.4. The van der Waals surface area contributed by atoms with Crippen molar-refractivity contribution >= 4 is 17.6 Å². The highest BCUT2D eigenvalue weighted by Crippen LogP contribution is 1.97. The Morgan fingerprint density at radius 1 is 0.478 bits per heavy atom. The van der Waals surface area contributed by atoms with Crippen LogP contribution in [0.5, 0.6) is 0 Å². The summed E-state index contributed by atoms with van der Waals surface area (Å²) in [6.45, 7) is 2.16. The lowest BCUT2D eigenvalue weighted by molar-refractivity contribution is 1.12. The first-order chi connectivity index (χ1) is 11.4. The molecule has 0 nitrogen and oxygen atoms in total. The van der Waals surface area contributed by atoms with Crippen molar-refractivity contribution in [3.05, 3.63) is 72.9 Å². The molecule has 0 saturated carbocycles. The molecular weight excluding hydrogens is 296 g/mol. The van der Waals surface area contributed by atoms with Crippen LogP contribution >= 0.6 is 12.2 Å². The molecule has 0 aromatic rings. The Morgan fingerprint density at radius 3 is 1.17 bits per heavy atom. The number of rotatable bonds is 14. The standard InChI is InChI=1S/C22H32S/c1-2-3-4-5-6-7-8-9-10-11-12-13-14-15-16-17-18-19-20-21-22-23/h3-4,6-7,9-10,12-13,15-16,18-19,22H,2,5,8,11,14,17,20-21H2,1H3/b4-3-,7-6-,10-9-,13-12-,16-15-,19-18-. The SMILES string of the molecule is CC/C=C\C/C=C\C/C=C\C/C=C\C/C=C\C/C=C\CCC=S. The Kier molecular flexibility index (Phi) is 19.2. The zero-order valence-electron chi connectivity index (χ0n) is 14.6. The number of unbranched alkanes of at least 4 members (excludes halogenated alkanes) is 1. The maximum Gasteiger partial charge on any atom is -0.0169 e. The maximum absolute atomic E-state index is 4.78. The summed E-state index contributed by atoms with van der Waals surface area (Å²) in [4.78, 5) is 0. The molecule has 0 spiro atoms. The van der Waals surface area contributed by atoms with Gasteiger partial charge in [0.2, 0.25) is 0 Å². The molecule has 0 fully saturated rings. The predicted octanol–water partition coefficient (Wildman–Crippen LogP) is 7.46. The molecule has 0 aliphatic rings. The molecule has 126 valence electrons. The summed E-state index contributed by atoms with van der Waals surface area (Å²) in [7, 11) is 0. The van der Waals surface area contributed by atoms with E-state index in [2.05, 4.69) is 79.8 Å². The van der Waals surface area contributed by atoms with Gasteiger partial charge >= 0.3 is 0 Å². The summed E-state index contributed by atoms with van der Waals surface area (Å²) in [6, 6.07) is 0. The van der Waals surface area contributed by atoms with Gasteiger partial charge in [-0.25, -0.2) is 0 Å². The fourth-order valence-corrected chi connectivity index (χ4v) is 1.94. The molecule has 0 unspecified atom stereocenters. The predicted molar refractivity (Wildman–Crippen MR) is 111 cm³/mol. The monoisotopic (exact) mass is 328 g/mol. The first-order valence-electron chi connectivity index (χ1n) is 8.75. The molecule has 0 atom stereocenters. The van der Waals surface area contributed by atoms with E-state index < -0.39 is 0 Å². The number of thiocarbonyl (C=S) groups is 1. The van der Waals surface area contributed by atoms with Crippen molar-refractivity contribution in [1.29, 1.82) is 0 Å². The summed E-state index contributed by atoms with van der Waals surface area (Å²) in [5.41, 5.74) is 0. The maximum atomic E-state index is 4.78. The van der Waals surface area contributed by atoms with Gasteiger partial charge in [-0.05, 0) is 56.7 Å². The van der Waals surface area contributed by atoms with Crippen molar-refractivity contribution in [2.45, 2.75) is 58.3 Å². The van der Waals surface area contributed by atoms with Crippen molar-refractivity contribution in [2.24, 2.45) is 0 Å². The molecule has 0 rings (SSSR count). The Labute approximate surface area is 149 Å². The average Bonchev–Trinajstić information content (AvgIpc) is 2.57. The second kappa shape index (κ2) is 20.5. The van der Waals surface area contributed by atoms with E-state index >= 15 is 0 Å². The minimum atomic E-state index is 0.998. The smallest absolute Gasteiger partial charge is 0.0169 e. The van der Waals surface area contributed by atoms with Crippen LogP contribution in [0.4, 0.5) is 0 Å². The van der Waals surface area contributed by atoms with Crippen LogP contribution < -0.4 is 0 Å². The van der Waals surface area contributed by atoms with Crippen molar-refractivity contribution < 1.29 is 0 Å². The lowest BCUT2D eigenvalue weighted by Gasteiger charge is -1.86. The van der Waals surface area contributed by atoms with Crippen molar-refractivity contribution in [1.82, 2.24) is 0 Å². The lowest BCUT2D eigenvalue weighted by Crippen LogP contribution is -1.68. The van der Waals surface area contributed by atoms with Crippen LogP contribution in [0.15, 0.2) is 72.9 Å². The summed E-state index contributed by atoms with van der Waals surface area (Å²) >= 11 is 4.78. The minimum absolute atomic E-state index is 0.998. The highest BCUT2D eigenvalue weighted by molar-refractivity contribution is 7.78. The Bertz CT molecular complexity index is 419. The van der Waals surface area contributed by atoms with Crippen LogP contribution in [0.3, 0.4) is 0 Å². The third kappa shape index (κ3) is 20.5. The van der Waals surface area contributed by atoms with E-state index in [-0.39, 0.29) is 0 Å². The first-order valence-corrected chi connectivity index (χ1v) is 9.22. The van der Waals surface area contributed by atoms with Gasteiger partial charge in [0.15, 0.2) is 0 Å². The minimum Gasteiger partial charge on any atom is -0.0935 e. The van der Waals surface area contributed by atoms with E-state index in [4.69, 9.17) is 12.2 Å². The molecule has 23 heavy (non-hydrogen) atoms. The van der Waals surface area contributed by atoms with Crippen LogP contribution in [-0.2, 0) is 0 Å². The molecule has 0 bridgehead atoms. The summed E-state index contributed by atoms with van der Waals surface area (Å²) in [6.07, 6.45) is 34.9. The van der Waals surface area contributed by atoms with Crippen molar-refractivity contribution in [3.8, 4) is 0 Å². The summed E-state index contributed by atoms with van der Waals surface area (Å²) in [5, 5.41) is 1.79. The summed E-state index contributed by atoms with van der Waals surface area (Å²) in [5.74, 6) is 0. The van der Waals surface area contributed by atoms with E-state index in [1.165, 1.54) is 0 Å². The number of hydrogen-bond acceptors (Lipinski definition) is 1. The van der Waals surface area contributed by atoms with E-state index in [0.717, 1.165) is 51.4 Å². The molecule has 0 saturated heterocycles. The van der Waals surface area contributed by atoms with Crippen molar-refractivity contribution in [2.75, 3.05) is 0 Å². The van der Waals surface area contributed by atoms with Gasteiger partial charge in [0.05, 0.1) is 0 Å². The van der Waals surface area contributed by atoms with Gasteiger partial charge in [-0.3, -0.25) is 0 Å². The van der Waals surface area contributed by atoms with Gasteiger partial charge in [-0.2, -0.15) is 0 Å². The molecule has 0 amide bonds. The lowest BCUT2D eigenvalue weighted by atomic mass is 10.2. The Balaban J connectivity index is 3.49. The van der Waals surface area contributed by atoms with Crippen LogP contribution in [0, 0.1) is 0 Å². The van der Waals surface area contributed by atoms with E-state index in [0.29, 0.717) is 0 Å². The fourth-order valence-electron chi connectivity index (χ4n) is 1.80.